The fourth-order valence-corrected chi connectivity index (χ4v) is 7.40. The molecule has 0 aromatic carbocycles. The molecule has 66 heavy (non-hydrogen) atoms. The first-order chi connectivity index (χ1) is 32.2. The largest absolute Gasteiger partial charge is 0.472 e. The summed E-state index contributed by atoms with van der Waals surface area (Å²) < 4.78 is 39.3. The zero-order chi connectivity index (χ0) is 48.4. The third kappa shape index (κ3) is 46.0. The van der Waals surface area contributed by atoms with E-state index in [9.17, 15) is 28.9 Å². The molecular weight excluding hydrogens is 856 g/mol. The van der Waals surface area contributed by atoms with E-state index >= 15 is 0 Å². The van der Waals surface area contributed by atoms with Crippen molar-refractivity contribution in [2.75, 3.05) is 26.4 Å². The topological polar surface area (TPSA) is 155 Å². The Kier molecular flexibility index (Phi) is 46.1. The summed E-state index contributed by atoms with van der Waals surface area (Å²) in [5.74, 6) is -1.53. The van der Waals surface area contributed by atoms with Gasteiger partial charge in [-0.05, 0) is 103 Å². The van der Waals surface area contributed by atoms with Crippen LogP contribution < -0.4 is 0 Å². The Labute approximate surface area is 401 Å². The molecule has 12 heteroatoms. The van der Waals surface area contributed by atoms with Crippen LogP contribution in [0.4, 0.5) is 0 Å². The number of carbonyl (C=O) groups is 3. The quantitative estimate of drug-likeness (QED) is 0.0197. The highest BCUT2D eigenvalue weighted by atomic mass is 31.2. The maximum Gasteiger partial charge on any atom is 0.472 e. The Morgan fingerprint density at radius 3 is 1.29 bits per heavy atom. The average Bonchev–Trinajstić information content (AvgIpc) is 3.30. The summed E-state index contributed by atoms with van der Waals surface area (Å²) in [7, 11) is -4.75. The Morgan fingerprint density at radius 1 is 0.439 bits per heavy atom. The molecule has 0 saturated carbocycles. The second-order valence-corrected chi connectivity index (χ2v) is 18.4. The van der Waals surface area contributed by atoms with E-state index in [4.69, 9.17) is 23.3 Å². The Bertz CT molecular complexity index is 1390. The lowest BCUT2D eigenvalue weighted by atomic mass is 10.1. The Hall–Kier alpha value is -3.08. The molecule has 2 N–H and O–H groups in total. The maximum atomic E-state index is 12.8. The van der Waals surface area contributed by atoms with E-state index in [1.54, 1.807) is 0 Å². The fourth-order valence-electron chi connectivity index (χ4n) is 6.61. The molecule has 0 aliphatic rings. The van der Waals surface area contributed by atoms with Crippen molar-refractivity contribution in [3.63, 3.8) is 0 Å². The van der Waals surface area contributed by atoms with E-state index in [1.807, 2.05) is 0 Å². The monoisotopic (exact) mass is 949 g/mol. The molecule has 0 rings (SSSR count). The van der Waals surface area contributed by atoms with Crippen molar-refractivity contribution >= 4 is 25.7 Å². The first-order valence-electron chi connectivity index (χ1n) is 25.8. The van der Waals surface area contributed by atoms with Gasteiger partial charge in [-0.2, -0.15) is 0 Å². The molecule has 380 valence electrons. The maximum absolute atomic E-state index is 12.8. The highest BCUT2D eigenvalue weighted by molar-refractivity contribution is 7.47. The minimum Gasteiger partial charge on any atom is -0.462 e. The third-order valence-electron chi connectivity index (χ3n) is 10.6. The first-order valence-corrected chi connectivity index (χ1v) is 27.3. The number of allylic oxidation sites excluding steroid dienone is 12. The zero-order valence-corrected chi connectivity index (χ0v) is 42.5. The summed E-state index contributed by atoms with van der Waals surface area (Å²) in [6.07, 6.45) is 51.6. The molecule has 3 unspecified atom stereocenters. The van der Waals surface area contributed by atoms with Crippen LogP contribution in [0.1, 0.15) is 213 Å². The smallest absolute Gasteiger partial charge is 0.462 e. The molecule has 0 bridgehead atoms. The van der Waals surface area contributed by atoms with Gasteiger partial charge in [-0.3, -0.25) is 23.4 Å². The number of hydrogen-bond donors (Lipinski definition) is 2. The van der Waals surface area contributed by atoms with Crippen LogP contribution in [0, 0.1) is 0 Å². The van der Waals surface area contributed by atoms with Gasteiger partial charge in [0, 0.05) is 19.3 Å². The highest BCUT2D eigenvalue weighted by Gasteiger charge is 2.28. The van der Waals surface area contributed by atoms with Gasteiger partial charge in [0.1, 0.15) is 12.7 Å². The number of rotatable bonds is 47. The molecule has 0 amide bonds. The van der Waals surface area contributed by atoms with Gasteiger partial charge < -0.3 is 24.2 Å². The van der Waals surface area contributed by atoms with E-state index in [0.29, 0.717) is 19.3 Å². The van der Waals surface area contributed by atoms with Gasteiger partial charge in [-0.15, -0.1) is 0 Å². The molecule has 0 spiro atoms. The molecular formula is C54H93O11P. The summed E-state index contributed by atoms with van der Waals surface area (Å²) in [5.41, 5.74) is 0. The van der Waals surface area contributed by atoms with Gasteiger partial charge in [0.25, 0.3) is 0 Å². The van der Waals surface area contributed by atoms with Gasteiger partial charge in [-0.25, -0.2) is 4.57 Å². The molecule has 11 nitrogen and oxygen atoms in total. The van der Waals surface area contributed by atoms with Crippen molar-refractivity contribution in [1.82, 2.24) is 0 Å². The van der Waals surface area contributed by atoms with Crippen LogP contribution >= 0.6 is 7.82 Å². The molecule has 0 aliphatic heterocycles. The molecule has 0 aliphatic carbocycles. The third-order valence-corrected chi connectivity index (χ3v) is 11.5. The number of phosphoric ester groups is 1. The molecule has 0 radical (unpaired) electrons. The number of phosphoric acid groups is 1. The van der Waals surface area contributed by atoms with Crippen LogP contribution in [-0.2, 0) is 42.2 Å². The SMILES string of the molecule is CC/C=C\C/C=C\C/C=C\CCCCCC(=O)OCC(COP(=O)(O)OCC(CO)OC(=O)CCCCCCC/C=C\CCCC)OC(=O)CCCCCCC/C=C\C/C=C\CCCCC. The number of ether oxygens (including phenoxy) is 3. The van der Waals surface area contributed by atoms with Gasteiger partial charge in [0.2, 0.25) is 0 Å². The van der Waals surface area contributed by atoms with Gasteiger partial charge in [0.15, 0.2) is 6.10 Å². The van der Waals surface area contributed by atoms with Gasteiger partial charge >= 0.3 is 25.7 Å². The van der Waals surface area contributed by atoms with Crippen molar-refractivity contribution in [2.45, 2.75) is 226 Å². The van der Waals surface area contributed by atoms with Crippen LogP contribution in [0.2, 0.25) is 0 Å². The van der Waals surface area contributed by atoms with Crippen LogP contribution in [0.25, 0.3) is 0 Å². The summed E-state index contributed by atoms with van der Waals surface area (Å²) in [5, 5.41) is 9.76. The second-order valence-electron chi connectivity index (χ2n) is 16.9. The van der Waals surface area contributed by atoms with Crippen molar-refractivity contribution in [1.29, 1.82) is 0 Å². The van der Waals surface area contributed by atoms with E-state index < -0.39 is 57.8 Å². The van der Waals surface area contributed by atoms with Crippen molar-refractivity contribution in [3.05, 3.63) is 72.9 Å². The van der Waals surface area contributed by atoms with Crippen LogP contribution in [0.5, 0.6) is 0 Å². The minimum absolute atomic E-state index is 0.142. The highest BCUT2D eigenvalue weighted by Crippen LogP contribution is 2.43. The van der Waals surface area contributed by atoms with Crippen LogP contribution in [-0.4, -0.2) is 66.5 Å². The lowest BCUT2D eigenvalue weighted by Crippen LogP contribution is -2.30. The van der Waals surface area contributed by atoms with Gasteiger partial charge in [0.05, 0.1) is 19.8 Å². The van der Waals surface area contributed by atoms with E-state index in [1.165, 1.54) is 32.1 Å². The van der Waals surface area contributed by atoms with Gasteiger partial charge in [-0.1, -0.05) is 164 Å². The van der Waals surface area contributed by atoms with E-state index in [-0.39, 0.29) is 25.9 Å². The standard InChI is InChI=1S/C54H93O11P/c1-4-7-10-13-16-19-22-24-25-27-30-33-36-39-42-45-54(58)65-51(47-61-52(56)43-40-37-34-31-29-26-23-20-17-14-11-8-5-2)49-63-66(59,60)62-48-50(46-55)64-53(57)44-41-38-35-32-28-21-18-15-12-9-6-3/h8,11,15-20,24-26,29,50-51,55H,4-7,9-10,12-14,21-23,27-28,30-49H2,1-3H3,(H,59,60)/b11-8-,18-15-,19-16-,20-17-,25-24-,29-26-. The number of aliphatic hydroxyl groups excluding tert-OH is 1. The number of esters is 3. The average molecular weight is 949 g/mol. The summed E-state index contributed by atoms with van der Waals surface area (Å²) >= 11 is 0. The number of hydrogen-bond acceptors (Lipinski definition) is 10. The fraction of sp³-hybridized carbons (Fsp3) is 0.722. The van der Waals surface area contributed by atoms with E-state index in [0.717, 1.165) is 122 Å². The molecule has 0 heterocycles. The molecule has 3 atom stereocenters. The predicted octanol–water partition coefficient (Wildman–Crippen LogP) is 14.6. The molecule has 0 aromatic heterocycles. The minimum atomic E-state index is -4.75. The molecule has 0 aromatic rings. The first kappa shape index (κ1) is 62.9. The molecule has 0 fully saturated rings. The van der Waals surface area contributed by atoms with E-state index in [2.05, 4.69) is 93.7 Å². The lowest BCUT2D eigenvalue weighted by molar-refractivity contribution is -0.161. The Morgan fingerprint density at radius 2 is 0.803 bits per heavy atom. The summed E-state index contributed by atoms with van der Waals surface area (Å²) in [4.78, 5) is 48.3. The van der Waals surface area contributed by atoms with Crippen molar-refractivity contribution in [2.24, 2.45) is 0 Å². The predicted molar refractivity (Wildman–Crippen MR) is 270 cm³/mol. The Balaban J connectivity index is 4.82. The number of unbranched alkanes of at least 4 members (excludes halogenated alkanes) is 18. The number of aliphatic hydroxyl groups is 1. The van der Waals surface area contributed by atoms with Crippen molar-refractivity contribution < 1.29 is 52.2 Å². The second kappa shape index (κ2) is 48.4. The summed E-state index contributed by atoms with van der Waals surface area (Å²) in [6.45, 7) is 4.38. The van der Waals surface area contributed by atoms with Crippen LogP contribution in [0.15, 0.2) is 72.9 Å². The number of carbonyl (C=O) groups excluding carboxylic acids is 3. The lowest BCUT2D eigenvalue weighted by Gasteiger charge is -2.21. The molecule has 0 saturated heterocycles. The van der Waals surface area contributed by atoms with Crippen molar-refractivity contribution in [3.8, 4) is 0 Å². The normalized spacial score (nSPS) is 14.1. The van der Waals surface area contributed by atoms with Crippen LogP contribution in [0.3, 0.4) is 0 Å². The summed E-state index contributed by atoms with van der Waals surface area (Å²) in [6, 6.07) is 0. The zero-order valence-electron chi connectivity index (χ0n) is 41.6.